The maximum Gasteiger partial charge on any atom is 0.253 e. The SMILES string of the molecule is Cc1cc(S)n2nc(Cc3ccccc3)nc2n1. The highest BCUT2D eigenvalue weighted by molar-refractivity contribution is 7.80. The summed E-state index contributed by atoms with van der Waals surface area (Å²) in [6, 6.07) is 12.0. The van der Waals surface area contributed by atoms with Crippen LogP contribution in [0.1, 0.15) is 17.1 Å². The molecule has 2 aromatic heterocycles. The van der Waals surface area contributed by atoms with Gasteiger partial charge in [-0.15, -0.1) is 17.7 Å². The molecule has 3 aromatic rings. The number of hydrogen-bond donors (Lipinski definition) is 1. The summed E-state index contributed by atoms with van der Waals surface area (Å²) in [5.41, 5.74) is 2.08. The first-order valence-corrected chi connectivity index (χ1v) is 6.13. The van der Waals surface area contributed by atoms with Crippen molar-refractivity contribution >= 4 is 18.4 Å². The second-order valence-electron chi connectivity index (χ2n) is 4.16. The lowest BCUT2D eigenvalue weighted by molar-refractivity contribution is 0.814. The summed E-state index contributed by atoms with van der Waals surface area (Å²) in [6.07, 6.45) is 0.705. The van der Waals surface area contributed by atoms with Crippen LogP contribution in [0.4, 0.5) is 0 Å². The summed E-state index contributed by atoms with van der Waals surface area (Å²) in [5, 5.41) is 5.17. The molecule has 0 saturated carbocycles. The molecule has 0 amide bonds. The van der Waals surface area contributed by atoms with Gasteiger partial charge in [0, 0.05) is 12.1 Å². The monoisotopic (exact) mass is 256 g/mol. The number of fused-ring (bicyclic) bond motifs is 1. The summed E-state index contributed by atoms with van der Waals surface area (Å²) in [4.78, 5) is 8.76. The Hall–Kier alpha value is -1.88. The number of aromatic nitrogens is 4. The lowest BCUT2D eigenvalue weighted by atomic mass is 10.1. The average Bonchev–Trinajstić information content (AvgIpc) is 2.73. The quantitative estimate of drug-likeness (QED) is 0.565. The van der Waals surface area contributed by atoms with Crippen molar-refractivity contribution in [2.24, 2.45) is 0 Å². The molecule has 2 heterocycles. The smallest absolute Gasteiger partial charge is 0.216 e. The van der Waals surface area contributed by atoms with E-state index < -0.39 is 0 Å². The maximum absolute atomic E-state index is 4.42. The first-order chi connectivity index (χ1) is 8.72. The molecule has 0 aliphatic carbocycles. The van der Waals surface area contributed by atoms with Crippen LogP contribution >= 0.6 is 12.6 Å². The third kappa shape index (κ3) is 2.09. The van der Waals surface area contributed by atoms with Gasteiger partial charge in [0.2, 0.25) is 0 Å². The fraction of sp³-hybridized carbons (Fsp3) is 0.154. The zero-order chi connectivity index (χ0) is 12.5. The van der Waals surface area contributed by atoms with Crippen molar-refractivity contribution in [1.82, 2.24) is 19.6 Å². The van der Waals surface area contributed by atoms with Gasteiger partial charge in [0.15, 0.2) is 5.82 Å². The van der Waals surface area contributed by atoms with E-state index in [1.54, 1.807) is 4.52 Å². The van der Waals surface area contributed by atoms with Gasteiger partial charge in [-0.25, -0.2) is 4.98 Å². The number of rotatable bonds is 2. The van der Waals surface area contributed by atoms with E-state index in [-0.39, 0.29) is 0 Å². The Kier molecular flexibility index (Phi) is 2.76. The van der Waals surface area contributed by atoms with Gasteiger partial charge in [0.1, 0.15) is 5.03 Å². The van der Waals surface area contributed by atoms with E-state index in [1.807, 2.05) is 31.2 Å². The van der Waals surface area contributed by atoms with Crippen LogP contribution in [-0.2, 0) is 6.42 Å². The Morgan fingerprint density at radius 1 is 1.17 bits per heavy atom. The van der Waals surface area contributed by atoms with E-state index in [0.29, 0.717) is 12.2 Å². The molecule has 0 unspecified atom stereocenters. The minimum absolute atomic E-state index is 0.603. The Balaban J connectivity index is 2.01. The van der Waals surface area contributed by atoms with Gasteiger partial charge < -0.3 is 0 Å². The van der Waals surface area contributed by atoms with Crippen LogP contribution in [0.3, 0.4) is 0 Å². The van der Waals surface area contributed by atoms with E-state index in [9.17, 15) is 0 Å². The van der Waals surface area contributed by atoms with Crippen molar-refractivity contribution in [1.29, 1.82) is 0 Å². The summed E-state index contributed by atoms with van der Waals surface area (Å²) in [7, 11) is 0. The molecule has 1 aromatic carbocycles. The lowest BCUT2D eigenvalue weighted by Crippen LogP contribution is -1.95. The van der Waals surface area contributed by atoms with E-state index in [1.165, 1.54) is 5.56 Å². The van der Waals surface area contributed by atoms with E-state index in [2.05, 4.69) is 39.8 Å². The molecule has 0 saturated heterocycles. The minimum atomic E-state index is 0.603. The predicted molar refractivity (Wildman–Crippen MR) is 72.0 cm³/mol. The maximum atomic E-state index is 4.42. The van der Waals surface area contributed by atoms with E-state index in [0.717, 1.165) is 16.5 Å². The zero-order valence-corrected chi connectivity index (χ0v) is 10.8. The Labute approximate surface area is 110 Å². The van der Waals surface area contributed by atoms with Crippen LogP contribution in [0.2, 0.25) is 0 Å². The molecule has 0 radical (unpaired) electrons. The second-order valence-corrected chi connectivity index (χ2v) is 4.62. The van der Waals surface area contributed by atoms with Gasteiger partial charge in [0.25, 0.3) is 5.78 Å². The molecule has 0 N–H and O–H groups in total. The van der Waals surface area contributed by atoms with E-state index in [4.69, 9.17) is 0 Å². The molecule has 18 heavy (non-hydrogen) atoms. The fourth-order valence-corrected chi connectivity index (χ4v) is 2.18. The van der Waals surface area contributed by atoms with Gasteiger partial charge in [-0.3, -0.25) is 0 Å². The highest BCUT2D eigenvalue weighted by Crippen LogP contribution is 2.11. The van der Waals surface area contributed by atoms with Gasteiger partial charge in [-0.05, 0) is 18.6 Å². The molecule has 90 valence electrons. The molecule has 3 rings (SSSR count). The molecule has 0 spiro atoms. The normalized spacial score (nSPS) is 11.0. The first kappa shape index (κ1) is 11.2. The third-order valence-electron chi connectivity index (χ3n) is 2.67. The van der Waals surface area contributed by atoms with Crippen LogP contribution < -0.4 is 0 Å². The van der Waals surface area contributed by atoms with E-state index >= 15 is 0 Å². The zero-order valence-electron chi connectivity index (χ0n) is 9.91. The molecule has 0 bridgehead atoms. The summed E-state index contributed by atoms with van der Waals surface area (Å²) < 4.78 is 1.66. The number of nitrogens with zero attached hydrogens (tertiary/aromatic N) is 4. The van der Waals surface area contributed by atoms with Crippen LogP contribution in [0.15, 0.2) is 41.4 Å². The topological polar surface area (TPSA) is 43.1 Å². The van der Waals surface area contributed by atoms with Crippen molar-refractivity contribution in [3.05, 3.63) is 53.5 Å². The third-order valence-corrected chi connectivity index (χ3v) is 2.99. The Morgan fingerprint density at radius 2 is 1.94 bits per heavy atom. The van der Waals surface area contributed by atoms with Gasteiger partial charge in [-0.1, -0.05) is 30.3 Å². The first-order valence-electron chi connectivity index (χ1n) is 5.68. The number of thiol groups is 1. The minimum Gasteiger partial charge on any atom is -0.216 e. The lowest BCUT2D eigenvalue weighted by Gasteiger charge is -1.96. The average molecular weight is 256 g/mol. The Bertz CT molecular complexity index is 691. The Morgan fingerprint density at radius 3 is 2.72 bits per heavy atom. The highest BCUT2D eigenvalue weighted by Gasteiger charge is 2.08. The van der Waals surface area contributed by atoms with Crippen LogP contribution in [-0.4, -0.2) is 19.6 Å². The standard InChI is InChI=1S/C13H12N4S/c1-9-7-12(18)17-13(14-9)15-11(16-17)8-10-5-3-2-4-6-10/h2-7,18H,8H2,1H3. The van der Waals surface area contributed by atoms with Crippen LogP contribution in [0, 0.1) is 6.92 Å². The highest BCUT2D eigenvalue weighted by atomic mass is 32.1. The largest absolute Gasteiger partial charge is 0.253 e. The molecular formula is C13H12N4S. The summed E-state index contributed by atoms with van der Waals surface area (Å²) in [6.45, 7) is 1.92. The summed E-state index contributed by atoms with van der Waals surface area (Å²) >= 11 is 4.38. The fourth-order valence-electron chi connectivity index (χ4n) is 1.86. The van der Waals surface area contributed by atoms with Crippen molar-refractivity contribution in [3.8, 4) is 0 Å². The van der Waals surface area contributed by atoms with Gasteiger partial charge in [0.05, 0.1) is 0 Å². The molecule has 0 fully saturated rings. The molecular weight excluding hydrogens is 244 g/mol. The molecule has 0 aliphatic rings. The van der Waals surface area contributed by atoms with Crippen molar-refractivity contribution in [2.75, 3.05) is 0 Å². The molecule has 0 atom stereocenters. The summed E-state index contributed by atoms with van der Waals surface area (Å²) in [5.74, 6) is 1.36. The van der Waals surface area contributed by atoms with Crippen molar-refractivity contribution in [3.63, 3.8) is 0 Å². The van der Waals surface area contributed by atoms with Crippen molar-refractivity contribution in [2.45, 2.75) is 18.4 Å². The number of benzene rings is 1. The second kappa shape index (κ2) is 4.42. The van der Waals surface area contributed by atoms with Crippen molar-refractivity contribution < 1.29 is 0 Å². The molecule has 0 aliphatic heterocycles. The van der Waals surface area contributed by atoms with Gasteiger partial charge in [-0.2, -0.15) is 9.50 Å². The van der Waals surface area contributed by atoms with Crippen LogP contribution in [0.25, 0.3) is 5.78 Å². The molecule has 4 nitrogen and oxygen atoms in total. The predicted octanol–water partition coefficient (Wildman–Crippen LogP) is 2.31. The van der Waals surface area contributed by atoms with Crippen LogP contribution in [0.5, 0.6) is 0 Å². The molecule has 5 heteroatoms. The number of hydrogen-bond acceptors (Lipinski definition) is 4. The van der Waals surface area contributed by atoms with Gasteiger partial charge >= 0.3 is 0 Å². The number of aryl methyl sites for hydroxylation is 1.